The maximum atomic E-state index is 13.5. The molecule has 218 valence electrons. The van der Waals surface area contributed by atoms with Gasteiger partial charge in [0.2, 0.25) is 0 Å². The smallest absolute Gasteiger partial charge is 0.267 e. The molecule has 4 aromatic rings. The maximum Gasteiger partial charge on any atom is 0.267 e. The molecule has 5 rings (SSSR count). The molecule has 3 aromatic carbocycles. The predicted molar refractivity (Wildman–Crippen MR) is 168 cm³/mol. The van der Waals surface area contributed by atoms with Crippen molar-refractivity contribution in [2.45, 2.75) is 6.54 Å². The van der Waals surface area contributed by atoms with Crippen molar-refractivity contribution in [1.82, 2.24) is 4.90 Å². The zero-order valence-electron chi connectivity index (χ0n) is 22.0. The summed E-state index contributed by atoms with van der Waals surface area (Å²) in [5.74, 6) is -0.328. The highest BCUT2D eigenvalue weighted by molar-refractivity contribution is 9.10. The highest BCUT2D eigenvalue weighted by Crippen LogP contribution is 2.36. The van der Waals surface area contributed by atoms with E-state index in [1.165, 1.54) is 53.8 Å². The molecule has 1 aromatic heterocycles. The van der Waals surface area contributed by atoms with Crippen molar-refractivity contribution >= 4 is 74.3 Å². The van der Waals surface area contributed by atoms with Crippen LogP contribution in [0.1, 0.15) is 16.9 Å². The Hall–Kier alpha value is -4.39. The summed E-state index contributed by atoms with van der Waals surface area (Å²) in [4.78, 5) is 27.7. The number of hydrogen-bond acceptors (Lipinski definition) is 8. The summed E-state index contributed by atoms with van der Waals surface area (Å²) in [6.07, 6.45) is 4.48. The summed E-state index contributed by atoms with van der Waals surface area (Å²) in [6.45, 7) is -0.211. The van der Waals surface area contributed by atoms with Crippen LogP contribution in [0.5, 0.6) is 11.5 Å². The third kappa shape index (κ3) is 7.92. The summed E-state index contributed by atoms with van der Waals surface area (Å²) in [7, 11) is 0. The van der Waals surface area contributed by atoms with Gasteiger partial charge in [0.1, 0.15) is 23.1 Å². The average molecular weight is 684 g/mol. The fraction of sp³-hybridized carbons (Fsp3) is 0.0667. The van der Waals surface area contributed by atoms with Gasteiger partial charge in [-0.2, -0.15) is 5.10 Å². The fourth-order valence-corrected chi connectivity index (χ4v) is 5.31. The second-order valence-electron chi connectivity index (χ2n) is 8.94. The van der Waals surface area contributed by atoms with Crippen molar-refractivity contribution in [3.05, 3.63) is 116 Å². The lowest BCUT2D eigenvalue weighted by Gasteiger charge is -2.13. The summed E-state index contributed by atoms with van der Waals surface area (Å²) in [5, 5.41) is 21.7. The monoisotopic (exact) mass is 682 g/mol. The first-order valence-corrected chi connectivity index (χ1v) is 14.5. The van der Waals surface area contributed by atoms with Gasteiger partial charge in [0.25, 0.3) is 11.8 Å². The molecule has 0 spiro atoms. The minimum Gasteiger partial charge on any atom is -0.507 e. The van der Waals surface area contributed by atoms with Crippen LogP contribution in [0.4, 0.5) is 10.1 Å². The molecule has 9 nitrogen and oxygen atoms in total. The number of hydrogen-bond donors (Lipinski definition) is 2. The van der Waals surface area contributed by atoms with E-state index in [0.717, 1.165) is 16.2 Å². The van der Waals surface area contributed by atoms with Gasteiger partial charge in [0.15, 0.2) is 11.8 Å². The number of nitrogens with zero attached hydrogens (tertiary/aromatic N) is 3. The van der Waals surface area contributed by atoms with E-state index in [9.17, 15) is 19.1 Å². The molecule has 2 amide bonds. The van der Waals surface area contributed by atoms with Crippen molar-refractivity contribution in [2.24, 2.45) is 10.2 Å². The Labute approximate surface area is 262 Å². The van der Waals surface area contributed by atoms with Gasteiger partial charge in [-0.05, 0) is 90.6 Å². The van der Waals surface area contributed by atoms with Gasteiger partial charge < -0.3 is 19.6 Å². The molecule has 43 heavy (non-hydrogen) atoms. The maximum absolute atomic E-state index is 13.5. The summed E-state index contributed by atoms with van der Waals surface area (Å²) in [6, 6.07) is 18.5. The first kappa shape index (κ1) is 30.1. The molecular formula is C30H21BrClFN4O5S. The first-order chi connectivity index (χ1) is 20.7. The van der Waals surface area contributed by atoms with Crippen LogP contribution in [0.3, 0.4) is 0 Å². The number of rotatable bonds is 9. The van der Waals surface area contributed by atoms with Crippen LogP contribution in [0, 0.1) is 5.82 Å². The third-order valence-electron chi connectivity index (χ3n) is 5.86. The zero-order chi connectivity index (χ0) is 30.3. The number of anilines is 1. The molecule has 1 aliphatic heterocycles. The molecule has 0 atom stereocenters. The molecule has 13 heteroatoms. The quantitative estimate of drug-likeness (QED) is 0.111. The number of carbonyl (C=O) groups excluding carboxylic acids is 2. The molecule has 2 N–H and O–H groups in total. The number of furan rings is 1. The van der Waals surface area contributed by atoms with E-state index in [1.807, 2.05) is 0 Å². The topological polar surface area (TPSA) is 117 Å². The SMILES string of the molecule is O=C(COc1ccc(Br)cc1/C=C1\S/C(=N\N=C\c2cc(Cl)ccc2O)N(Cc2ccco2)C1=O)Nc1ccc(F)cc1. The van der Waals surface area contributed by atoms with Gasteiger partial charge in [-0.15, -0.1) is 5.10 Å². The molecule has 1 aliphatic rings. The van der Waals surface area contributed by atoms with E-state index < -0.39 is 11.7 Å². The number of thioether (sulfide) groups is 1. The van der Waals surface area contributed by atoms with Crippen LogP contribution in [-0.4, -0.2) is 39.8 Å². The van der Waals surface area contributed by atoms with Crippen molar-refractivity contribution in [2.75, 3.05) is 11.9 Å². The molecule has 0 unspecified atom stereocenters. The van der Waals surface area contributed by atoms with E-state index in [2.05, 4.69) is 31.4 Å². The van der Waals surface area contributed by atoms with E-state index in [4.69, 9.17) is 20.8 Å². The Bertz CT molecular complexity index is 1750. The molecule has 2 heterocycles. The molecule has 0 radical (unpaired) electrons. The van der Waals surface area contributed by atoms with Crippen LogP contribution in [-0.2, 0) is 16.1 Å². The summed E-state index contributed by atoms with van der Waals surface area (Å²) >= 11 is 10.5. The van der Waals surface area contributed by atoms with Crippen molar-refractivity contribution in [1.29, 1.82) is 0 Å². The number of aromatic hydroxyl groups is 1. The van der Waals surface area contributed by atoms with Gasteiger partial charge >= 0.3 is 0 Å². The highest BCUT2D eigenvalue weighted by atomic mass is 79.9. The van der Waals surface area contributed by atoms with E-state index in [0.29, 0.717) is 38.3 Å². The Morgan fingerprint density at radius 3 is 2.72 bits per heavy atom. The molecule has 0 bridgehead atoms. The number of nitrogens with one attached hydrogen (secondary N) is 1. The van der Waals surface area contributed by atoms with Crippen molar-refractivity contribution in [3.63, 3.8) is 0 Å². The van der Waals surface area contributed by atoms with Crippen LogP contribution in [0.2, 0.25) is 5.02 Å². The normalized spacial score (nSPS) is 15.1. The molecule has 0 aliphatic carbocycles. The van der Waals surface area contributed by atoms with E-state index in [-0.39, 0.29) is 30.0 Å². The minimum atomic E-state index is -0.443. The predicted octanol–water partition coefficient (Wildman–Crippen LogP) is 7.06. The third-order valence-corrected chi connectivity index (χ3v) is 7.58. The second-order valence-corrected chi connectivity index (χ2v) is 11.3. The Balaban J connectivity index is 1.38. The minimum absolute atomic E-state index is 0.0231. The summed E-state index contributed by atoms with van der Waals surface area (Å²) < 4.78 is 25.1. The Kier molecular flexibility index (Phi) is 9.60. The first-order valence-electron chi connectivity index (χ1n) is 12.6. The lowest BCUT2D eigenvalue weighted by Crippen LogP contribution is -2.28. The fourth-order valence-electron chi connectivity index (χ4n) is 3.83. The van der Waals surface area contributed by atoms with Crippen LogP contribution in [0.15, 0.2) is 103 Å². The van der Waals surface area contributed by atoms with E-state index >= 15 is 0 Å². The van der Waals surface area contributed by atoms with Crippen LogP contribution < -0.4 is 10.1 Å². The van der Waals surface area contributed by atoms with Gasteiger partial charge in [-0.1, -0.05) is 27.5 Å². The van der Waals surface area contributed by atoms with Crippen LogP contribution in [0.25, 0.3) is 6.08 Å². The average Bonchev–Trinajstić information content (AvgIpc) is 3.60. The van der Waals surface area contributed by atoms with E-state index in [1.54, 1.807) is 42.5 Å². The van der Waals surface area contributed by atoms with Crippen LogP contribution >= 0.6 is 39.3 Å². The number of phenolic OH excluding ortho intramolecular Hbond substituents is 1. The number of amidine groups is 1. The van der Waals surface area contributed by atoms with Gasteiger partial charge in [0, 0.05) is 26.3 Å². The van der Waals surface area contributed by atoms with Gasteiger partial charge in [-0.25, -0.2) is 4.39 Å². The van der Waals surface area contributed by atoms with Gasteiger partial charge in [-0.3, -0.25) is 14.5 Å². The summed E-state index contributed by atoms with van der Waals surface area (Å²) in [5.41, 5.74) is 1.32. The number of benzene rings is 3. The van der Waals surface area contributed by atoms with Crippen molar-refractivity contribution in [3.8, 4) is 11.5 Å². The zero-order valence-corrected chi connectivity index (χ0v) is 25.2. The lowest BCUT2D eigenvalue weighted by atomic mass is 10.2. The number of carbonyl (C=O) groups is 2. The van der Waals surface area contributed by atoms with Gasteiger partial charge in [0.05, 0.1) is 23.9 Å². The molecular weight excluding hydrogens is 663 g/mol. The van der Waals surface area contributed by atoms with Crippen molar-refractivity contribution < 1.29 is 28.2 Å². The number of amides is 2. The number of phenols is 1. The largest absolute Gasteiger partial charge is 0.507 e. The number of ether oxygens (including phenoxy) is 1. The molecule has 0 saturated carbocycles. The molecule has 1 fully saturated rings. The Morgan fingerprint density at radius 2 is 1.95 bits per heavy atom. The highest BCUT2D eigenvalue weighted by Gasteiger charge is 2.34. The number of halogens is 3. The Morgan fingerprint density at radius 1 is 1.14 bits per heavy atom. The standard InChI is InChI=1S/C30H21BrClFN4O5S/c31-20-3-10-26(42-17-28(39)35-23-7-5-22(33)6-8-23)18(12-20)14-27-29(40)37(16-24-2-1-11-41-24)30(43-27)36-34-15-19-13-21(32)4-9-25(19)38/h1-15,38H,16-17H2,(H,35,39)/b27-14-,34-15+,36-30-. The molecule has 1 saturated heterocycles. The lowest BCUT2D eigenvalue weighted by molar-refractivity contribution is -0.122. The second kappa shape index (κ2) is 13.7.